The van der Waals surface area contributed by atoms with Gasteiger partial charge in [0.05, 0.1) is 0 Å². The number of hydrogen-bond donors (Lipinski definition) is 0. The zero-order valence-electron chi connectivity index (χ0n) is 9.46. The Hall–Kier alpha value is -1.30. The van der Waals surface area contributed by atoms with Gasteiger partial charge < -0.3 is 0 Å². The van der Waals surface area contributed by atoms with Crippen molar-refractivity contribution in [1.82, 2.24) is 0 Å². The van der Waals surface area contributed by atoms with Gasteiger partial charge in [0.25, 0.3) is 0 Å². The molecule has 0 spiro atoms. The Balaban J connectivity index is 3.23. The largest absolute Gasteiger partial charge is 0.0871 e. The van der Waals surface area contributed by atoms with E-state index in [4.69, 9.17) is 0 Å². The molecule has 0 bridgehead atoms. The minimum Gasteiger partial charge on any atom is -0.0871 e. The van der Waals surface area contributed by atoms with Crippen LogP contribution in [0.3, 0.4) is 0 Å². The average Bonchev–Trinajstić information content (AvgIpc) is 2.14. The highest BCUT2D eigenvalue weighted by Crippen LogP contribution is 2.18. The van der Waals surface area contributed by atoms with Gasteiger partial charge in [-0.05, 0) is 49.9 Å². The van der Waals surface area contributed by atoms with Crippen molar-refractivity contribution in [3.63, 3.8) is 0 Å². The minimum atomic E-state index is 1.32. The Labute approximate surface area is 87.0 Å². The Bertz CT molecular complexity index is 330. The lowest BCUT2D eigenvalue weighted by molar-refractivity contribution is 1.35. The van der Waals surface area contributed by atoms with Crippen molar-refractivity contribution in [2.75, 3.05) is 0 Å². The Morgan fingerprint density at radius 1 is 0.786 bits per heavy atom. The number of hydrogen-bond acceptors (Lipinski definition) is 0. The third-order valence-corrected chi connectivity index (χ3v) is 2.35. The van der Waals surface area contributed by atoms with E-state index in [2.05, 4.69) is 64.1 Å². The zero-order chi connectivity index (χ0) is 10.6. The predicted octanol–water partition coefficient (Wildman–Crippen LogP) is 4.37. The van der Waals surface area contributed by atoms with E-state index < -0.39 is 0 Å². The normalized spacial score (nSPS) is 11.7. The van der Waals surface area contributed by atoms with Crippen molar-refractivity contribution in [3.8, 4) is 0 Å². The molecule has 0 saturated carbocycles. The fourth-order valence-corrected chi connectivity index (χ4v) is 1.58. The van der Waals surface area contributed by atoms with Crippen molar-refractivity contribution in [1.29, 1.82) is 0 Å². The average molecular weight is 186 g/mol. The second-order valence-corrected chi connectivity index (χ2v) is 3.57. The van der Waals surface area contributed by atoms with Gasteiger partial charge in [0.1, 0.15) is 0 Å². The molecule has 0 N–H and O–H groups in total. The molecule has 0 unspecified atom stereocenters. The number of allylic oxidation sites excluding steroid dienone is 2. The van der Waals surface area contributed by atoms with E-state index in [1.165, 1.54) is 22.3 Å². The summed E-state index contributed by atoms with van der Waals surface area (Å²) in [6.45, 7) is 8.41. The summed E-state index contributed by atoms with van der Waals surface area (Å²) in [5.74, 6) is 0. The molecule has 1 aromatic carbocycles. The lowest BCUT2D eigenvalue weighted by Gasteiger charge is -2.06. The molecule has 0 aromatic heterocycles. The molecule has 0 amide bonds. The fourth-order valence-electron chi connectivity index (χ4n) is 1.58. The molecule has 1 rings (SSSR count). The van der Waals surface area contributed by atoms with Crippen molar-refractivity contribution in [3.05, 3.63) is 46.5 Å². The molecule has 0 heterocycles. The maximum atomic E-state index is 2.24. The van der Waals surface area contributed by atoms with Gasteiger partial charge in [-0.25, -0.2) is 0 Å². The SMILES string of the molecule is C/C=C/c1cc(C)c(/C=C/C)cc1C. The number of rotatable bonds is 2. The first-order valence-corrected chi connectivity index (χ1v) is 5.05. The van der Waals surface area contributed by atoms with Crippen LogP contribution in [-0.2, 0) is 0 Å². The molecule has 1 aromatic rings. The zero-order valence-corrected chi connectivity index (χ0v) is 9.46. The first kappa shape index (κ1) is 10.8. The predicted molar refractivity (Wildman–Crippen MR) is 65.3 cm³/mol. The van der Waals surface area contributed by atoms with Crippen molar-refractivity contribution in [2.24, 2.45) is 0 Å². The molecule has 14 heavy (non-hydrogen) atoms. The molecular formula is C14H18. The van der Waals surface area contributed by atoms with E-state index in [-0.39, 0.29) is 0 Å². The van der Waals surface area contributed by atoms with Crippen molar-refractivity contribution < 1.29 is 0 Å². The lowest BCUT2D eigenvalue weighted by Crippen LogP contribution is -1.87. The van der Waals surface area contributed by atoms with Crippen molar-refractivity contribution >= 4 is 12.2 Å². The summed E-state index contributed by atoms with van der Waals surface area (Å²) in [5, 5.41) is 0. The Morgan fingerprint density at radius 3 is 1.43 bits per heavy atom. The van der Waals surface area contributed by atoms with Gasteiger partial charge in [0, 0.05) is 0 Å². The van der Waals surface area contributed by atoms with Crippen molar-refractivity contribution in [2.45, 2.75) is 27.7 Å². The molecule has 74 valence electrons. The molecule has 0 aliphatic heterocycles. The minimum absolute atomic E-state index is 1.32. The van der Waals surface area contributed by atoms with Crippen LogP contribution in [0.2, 0.25) is 0 Å². The molecule has 0 saturated heterocycles. The van der Waals surface area contributed by atoms with Gasteiger partial charge in [-0.3, -0.25) is 0 Å². The Morgan fingerprint density at radius 2 is 1.14 bits per heavy atom. The molecular weight excluding hydrogens is 168 g/mol. The topological polar surface area (TPSA) is 0 Å². The highest BCUT2D eigenvalue weighted by atomic mass is 14.0. The first-order chi connectivity index (χ1) is 6.69. The third kappa shape index (κ3) is 2.35. The maximum Gasteiger partial charge on any atom is -0.0228 e. The van der Waals surface area contributed by atoms with Gasteiger partial charge in [0.15, 0.2) is 0 Å². The van der Waals surface area contributed by atoms with Gasteiger partial charge in [0.2, 0.25) is 0 Å². The summed E-state index contributed by atoms with van der Waals surface area (Å²) in [7, 11) is 0. The van der Waals surface area contributed by atoms with Crippen LogP contribution in [0, 0.1) is 13.8 Å². The standard InChI is InChI=1S/C14H18/c1-5-7-13-9-12(4)14(8-6-2)10-11(13)3/h5-10H,1-4H3/b7-5+,8-6+. The van der Waals surface area contributed by atoms with Crippen LogP contribution in [-0.4, -0.2) is 0 Å². The smallest absolute Gasteiger partial charge is 0.0228 e. The third-order valence-electron chi connectivity index (χ3n) is 2.35. The molecule has 0 radical (unpaired) electrons. The van der Waals surface area contributed by atoms with Crippen LogP contribution in [0.1, 0.15) is 36.1 Å². The van der Waals surface area contributed by atoms with Gasteiger partial charge >= 0.3 is 0 Å². The Kier molecular flexibility index (Phi) is 3.70. The summed E-state index contributed by atoms with van der Waals surface area (Å²) >= 11 is 0. The van der Waals surface area contributed by atoms with Crippen LogP contribution >= 0.6 is 0 Å². The van der Waals surface area contributed by atoms with Crippen LogP contribution in [0.25, 0.3) is 12.2 Å². The van der Waals surface area contributed by atoms with E-state index in [1.54, 1.807) is 0 Å². The molecule has 0 fully saturated rings. The van der Waals surface area contributed by atoms with Gasteiger partial charge in [-0.15, -0.1) is 0 Å². The number of benzene rings is 1. The van der Waals surface area contributed by atoms with E-state index in [1.807, 2.05) is 0 Å². The molecule has 0 aliphatic carbocycles. The van der Waals surface area contributed by atoms with Crippen LogP contribution in [0.15, 0.2) is 24.3 Å². The van der Waals surface area contributed by atoms with Gasteiger partial charge in [-0.2, -0.15) is 0 Å². The quantitative estimate of drug-likeness (QED) is 0.643. The summed E-state index contributed by atoms with van der Waals surface area (Å²) in [4.78, 5) is 0. The van der Waals surface area contributed by atoms with Crippen LogP contribution in [0.5, 0.6) is 0 Å². The fraction of sp³-hybridized carbons (Fsp3) is 0.286. The second kappa shape index (κ2) is 4.80. The van der Waals surface area contributed by atoms with Crippen LogP contribution < -0.4 is 0 Å². The number of aryl methyl sites for hydroxylation is 2. The summed E-state index contributed by atoms with van der Waals surface area (Å²) in [6.07, 6.45) is 8.47. The highest BCUT2D eigenvalue weighted by Gasteiger charge is 1.99. The van der Waals surface area contributed by atoms with E-state index in [9.17, 15) is 0 Å². The van der Waals surface area contributed by atoms with E-state index in [0.717, 1.165) is 0 Å². The molecule has 0 aliphatic rings. The highest BCUT2D eigenvalue weighted by molar-refractivity contribution is 5.62. The molecule has 0 heteroatoms. The van der Waals surface area contributed by atoms with Gasteiger partial charge in [-0.1, -0.05) is 36.4 Å². The molecule has 0 nitrogen and oxygen atoms in total. The summed E-state index contributed by atoms with van der Waals surface area (Å²) in [6, 6.07) is 4.48. The first-order valence-electron chi connectivity index (χ1n) is 5.05. The monoisotopic (exact) mass is 186 g/mol. The van der Waals surface area contributed by atoms with E-state index >= 15 is 0 Å². The molecule has 0 atom stereocenters. The summed E-state index contributed by atoms with van der Waals surface area (Å²) < 4.78 is 0. The summed E-state index contributed by atoms with van der Waals surface area (Å²) in [5.41, 5.74) is 5.31. The van der Waals surface area contributed by atoms with E-state index in [0.29, 0.717) is 0 Å². The second-order valence-electron chi connectivity index (χ2n) is 3.57. The lowest BCUT2D eigenvalue weighted by atomic mass is 9.99. The van der Waals surface area contributed by atoms with Crippen LogP contribution in [0.4, 0.5) is 0 Å². The maximum absolute atomic E-state index is 2.24.